The fourth-order valence-electron chi connectivity index (χ4n) is 3.21. The molecule has 0 aliphatic rings. The molecule has 0 fully saturated rings. The van der Waals surface area contributed by atoms with E-state index < -0.39 is 11.7 Å². The van der Waals surface area contributed by atoms with Crippen molar-refractivity contribution in [3.8, 4) is 28.4 Å². The second kappa shape index (κ2) is 11.6. The van der Waals surface area contributed by atoms with Gasteiger partial charge in [-0.25, -0.2) is 9.48 Å². The van der Waals surface area contributed by atoms with Gasteiger partial charge in [-0.05, 0) is 74.9 Å². The van der Waals surface area contributed by atoms with Gasteiger partial charge in [0, 0.05) is 5.56 Å². The van der Waals surface area contributed by atoms with Crippen molar-refractivity contribution in [1.82, 2.24) is 15.1 Å². The van der Waals surface area contributed by atoms with Gasteiger partial charge in [-0.15, -0.1) is 0 Å². The van der Waals surface area contributed by atoms with Crippen molar-refractivity contribution >= 4 is 6.09 Å². The Morgan fingerprint density at radius 2 is 1.74 bits per heavy atom. The number of amides is 1. The molecule has 0 aliphatic carbocycles. The van der Waals surface area contributed by atoms with Gasteiger partial charge in [-0.3, -0.25) is 0 Å². The molecule has 0 atom stereocenters. The molecule has 8 heteroatoms. The van der Waals surface area contributed by atoms with Crippen LogP contribution in [0.15, 0.2) is 54.6 Å². The van der Waals surface area contributed by atoms with E-state index in [1.54, 1.807) is 25.6 Å². The summed E-state index contributed by atoms with van der Waals surface area (Å²) in [4.78, 5) is 11.6. The van der Waals surface area contributed by atoms with Crippen LogP contribution in [0.1, 0.15) is 39.3 Å². The smallest absolute Gasteiger partial charge is 0.407 e. The molecule has 8 nitrogen and oxygen atoms in total. The molecule has 1 amide bonds. The zero-order valence-corrected chi connectivity index (χ0v) is 20.2. The van der Waals surface area contributed by atoms with E-state index in [0.29, 0.717) is 31.2 Å². The summed E-state index contributed by atoms with van der Waals surface area (Å²) in [6, 6.07) is 17.1. The topological polar surface area (TPSA) is 94.8 Å². The van der Waals surface area contributed by atoms with Gasteiger partial charge in [0.05, 0.1) is 37.3 Å². The monoisotopic (exact) mass is 467 g/mol. The molecule has 0 saturated carbocycles. The number of rotatable bonds is 11. The van der Waals surface area contributed by atoms with E-state index in [1.807, 2.05) is 61.5 Å². The van der Waals surface area contributed by atoms with Gasteiger partial charge in [0.1, 0.15) is 23.7 Å². The van der Waals surface area contributed by atoms with E-state index >= 15 is 0 Å². The summed E-state index contributed by atoms with van der Waals surface area (Å²) >= 11 is 0. The predicted octanol–water partition coefficient (Wildman–Crippen LogP) is 4.68. The summed E-state index contributed by atoms with van der Waals surface area (Å²) < 4.78 is 17.8. The first-order valence-corrected chi connectivity index (χ1v) is 11.4. The third-order valence-corrected chi connectivity index (χ3v) is 5.17. The van der Waals surface area contributed by atoms with Crippen molar-refractivity contribution in [2.75, 3.05) is 26.9 Å². The summed E-state index contributed by atoms with van der Waals surface area (Å²) in [6.07, 6.45) is 1.40. The minimum atomic E-state index is -1.08. The molecule has 0 radical (unpaired) electrons. The second-order valence-electron chi connectivity index (χ2n) is 8.37. The van der Waals surface area contributed by atoms with Crippen LogP contribution < -0.4 is 14.8 Å². The Morgan fingerprint density at radius 1 is 1.06 bits per heavy atom. The average Bonchev–Trinajstić information content (AvgIpc) is 3.29. The molecule has 0 bridgehead atoms. The normalized spacial score (nSPS) is 11.2. The summed E-state index contributed by atoms with van der Waals surface area (Å²) in [7, 11) is 1.62. The molecular formula is C26H33N3O5. The predicted molar refractivity (Wildman–Crippen MR) is 131 cm³/mol. The van der Waals surface area contributed by atoms with Crippen LogP contribution >= 0.6 is 0 Å². The van der Waals surface area contributed by atoms with Gasteiger partial charge in [0.25, 0.3) is 0 Å². The van der Waals surface area contributed by atoms with Crippen molar-refractivity contribution in [3.63, 3.8) is 0 Å². The van der Waals surface area contributed by atoms with E-state index in [4.69, 9.17) is 14.2 Å². The molecule has 34 heavy (non-hydrogen) atoms. The number of hydrogen-bond donors (Lipinski definition) is 2. The van der Waals surface area contributed by atoms with E-state index in [9.17, 15) is 9.90 Å². The van der Waals surface area contributed by atoms with Crippen LogP contribution in [0.4, 0.5) is 4.79 Å². The highest BCUT2D eigenvalue weighted by molar-refractivity contribution is 5.67. The summed E-state index contributed by atoms with van der Waals surface area (Å²) in [5.41, 5.74) is 2.09. The zero-order valence-electron chi connectivity index (χ0n) is 20.2. The second-order valence-corrected chi connectivity index (χ2v) is 8.37. The van der Waals surface area contributed by atoms with Crippen LogP contribution in [0.25, 0.3) is 16.9 Å². The molecule has 0 aliphatic heterocycles. The van der Waals surface area contributed by atoms with Crippen LogP contribution in [0.3, 0.4) is 0 Å². The van der Waals surface area contributed by atoms with Crippen LogP contribution in [-0.2, 0) is 10.3 Å². The number of alkyl carbamates (subject to hydrolysis) is 1. The number of benzene rings is 2. The fraction of sp³-hybridized carbons (Fsp3) is 0.385. The molecule has 0 spiro atoms. The number of carbonyl (C=O) groups is 1. The van der Waals surface area contributed by atoms with Crippen molar-refractivity contribution in [2.24, 2.45) is 0 Å². The molecule has 0 unspecified atom stereocenters. The first-order valence-electron chi connectivity index (χ1n) is 11.4. The van der Waals surface area contributed by atoms with Gasteiger partial charge in [0.2, 0.25) is 0 Å². The Bertz CT molecular complexity index is 1050. The minimum Gasteiger partial charge on any atom is -0.497 e. The quantitative estimate of drug-likeness (QED) is 0.398. The lowest BCUT2D eigenvalue weighted by molar-refractivity contribution is 0.0734. The number of ether oxygens (including phenoxy) is 3. The number of hydrogen-bond acceptors (Lipinski definition) is 6. The standard InChI is InChI=1S/C26H33N3O5/c1-5-6-16-34-25(30)27-15-17-33-22-11-7-19(8-12-22)23-18-24(26(2,3)31)28-29(23)20-9-13-21(32-4)14-10-20/h7-14,18,31H,5-6,15-17H2,1-4H3,(H,27,30). The maximum Gasteiger partial charge on any atom is 0.407 e. The summed E-state index contributed by atoms with van der Waals surface area (Å²) in [5.74, 6) is 1.44. The van der Waals surface area contributed by atoms with Crippen LogP contribution in [0.2, 0.25) is 0 Å². The van der Waals surface area contributed by atoms with Crippen molar-refractivity contribution in [3.05, 3.63) is 60.3 Å². The van der Waals surface area contributed by atoms with E-state index in [1.165, 1.54) is 0 Å². The molecule has 0 saturated heterocycles. The van der Waals surface area contributed by atoms with Crippen molar-refractivity contribution in [2.45, 2.75) is 39.2 Å². The highest BCUT2D eigenvalue weighted by atomic mass is 16.5. The minimum absolute atomic E-state index is 0.328. The largest absolute Gasteiger partial charge is 0.497 e. The first kappa shape index (κ1) is 25.1. The fourth-order valence-corrected chi connectivity index (χ4v) is 3.21. The zero-order chi connectivity index (χ0) is 24.6. The molecule has 3 rings (SSSR count). The molecule has 3 aromatic rings. The lowest BCUT2D eigenvalue weighted by Gasteiger charge is -2.13. The molecule has 1 heterocycles. The third-order valence-electron chi connectivity index (χ3n) is 5.17. The van der Waals surface area contributed by atoms with Gasteiger partial charge >= 0.3 is 6.09 Å². The average molecular weight is 468 g/mol. The third kappa shape index (κ3) is 6.74. The maximum absolute atomic E-state index is 11.6. The molecule has 1 aromatic heterocycles. The number of aromatic nitrogens is 2. The number of unbranched alkanes of at least 4 members (excludes halogenated alkanes) is 1. The van der Waals surface area contributed by atoms with Crippen LogP contribution in [0, 0.1) is 0 Å². The molecular weight excluding hydrogens is 434 g/mol. The molecule has 182 valence electrons. The van der Waals surface area contributed by atoms with Gasteiger partial charge in [-0.2, -0.15) is 5.10 Å². The lowest BCUT2D eigenvalue weighted by atomic mass is 10.0. The lowest BCUT2D eigenvalue weighted by Crippen LogP contribution is -2.28. The van der Waals surface area contributed by atoms with Gasteiger partial charge in [0.15, 0.2) is 0 Å². The van der Waals surface area contributed by atoms with E-state index in [-0.39, 0.29) is 0 Å². The Balaban J connectivity index is 1.69. The Morgan fingerprint density at radius 3 is 2.35 bits per heavy atom. The number of carbonyl (C=O) groups excluding carboxylic acids is 1. The number of aliphatic hydroxyl groups is 1. The summed E-state index contributed by atoms with van der Waals surface area (Å²) in [5, 5.41) is 17.8. The number of nitrogens with one attached hydrogen (secondary N) is 1. The number of methoxy groups -OCH3 is 1. The highest BCUT2D eigenvalue weighted by Crippen LogP contribution is 2.30. The SMILES string of the molecule is CCCCOC(=O)NCCOc1ccc(-c2cc(C(C)(C)O)nn2-c2ccc(OC)cc2)cc1. The first-order chi connectivity index (χ1) is 16.3. The van der Waals surface area contributed by atoms with Crippen LogP contribution in [0.5, 0.6) is 11.5 Å². The van der Waals surface area contributed by atoms with E-state index in [0.717, 1.165) is 35.5 Å². The molecule has 2 N–H and O–H groups in total. The number of nitrogens with zero attached hydrogens (tertiary/aromatic N) is 2. The van der Waals surface area contributed by atoms with Gasteiger partial charge < -0.3 is 24.6 Å². The molecule has 2 aromatic carbocycles. The highest BCUT2D eigenvalue weighted by Gasteiger charge is 2.23. The van der Waals surface area contributed by atoms with Crippen LogP contribution in [-0.4, -0.2) is 47.8 Å². The summed E-state index contributed by atoms with van der Waals surface area (Å²) in [6.45, 7) is 6.57. The van der Waals surface area contributed by atoms with Crippen molar-refractivity contribution in [1.29, 1.82) is 0 Å². The van der Waals surface area contributed by atoms with Gasteiger partial charge in [-0.1, -0.05) is 13.3 Å². The Kier molecular flexibility index (Phi) is 8.54. The Labute approximate surface area is 200 Å². The Hall–Kier alpha value is -3.52. The maximum atomic E-state index is 11.6. The van der Waals surface area contributed by atoms with E-state index in [2.05, 4.69) is 10.4 Å². The van der Waals surface area contributed by atoms with Crippen molar-refractivity contribution < 1.29 is 24.1 Å².